The van der Waals surface area contributed by atoms with Crippen LogP contribution < -0.4 is 5.32 Å². The van der Waals surface area contributed by atoms with Crippen LogP contribution in [-0.4, -0.2) is 59.6 Å². The van der Waals surface area contributed by atoms with Gasteiger partial charge in [0.2, 0.25) is 5.91 Å². The number of aromatic nitrogens is 6. The van der Waals surface area contributed by atoms with Crippen molar-refractivity contribution < 1.29 is 9.59 Å². The van der Waals surface area contributed by atoms with E-state index in [4.69, 9.17) is 44.9 Å². The molecule has 1 aliphatic rings. The molecule has 1 fully saturated rings. The molecule has 1 N–H and O–H groups in total. The Hall–Kier alpha value is -3.21. The maximum Gasteiger partial charge on any atom is 0.254 e. The Morgan fingerprint density at radius 1 is 1.05 bits per heavy atom. The second kappa shape index (κ2) is 11.2. The summed E-state index contributed by atoms with van der Waals surface area (Å²) in [6.45, 7) is 11.2. The average molecular weight is 618 g/mol. The number of hydrogen-bond donors (Lipinski definition) is 1. The minimum Gasteiger partial charge on any atom is -0.350 e. The van der Waals surface area contributed by atoms with Crippen LogP contribution in [0.5, 0.6) is 0 Å². The van der Waals surface area contributed by atoms with Gasteiger partial charge in [0, 0.05) is 29.7 Å². The number of pyridine rings is 1. The molecule has 0 saturated carbocycles. The van der Waals surface area contributed by atoms with E-state index in [0.29, 0.717) is 63.6 Å². The van der Waals surface area contributed by atoms with Gasteiger partial charge in [0.1, 0.15) is 11.4 Å². The standard InChI is InChI=1S/C28H31Cl3N8O2/c1-15-10-20(23-16(2)35-39(25(23)33-15)28(3,4)5)27(41)37-8-6-17(7-9-37)26(40)32-13-19-14-38(36-34-19)24-21(30)11-18(29)12-22(24)31/h10-12,14,17H,6-9,13H2,1-5H3,(H,32,40). The van der Waals surface area contributed by atoms with Gasteiger partial charge < -0.3 is 10.2 Å². The number of fused-ring (bicyclic) bond motifs is 1. The second-order valence-corrected chi connectivity index (χ2v) is 12.6. The third-order valence-electron chi connectivity index (χ3n) is 7.15. The quantitative estimate of drug-likeness (QED) is 0.316. The van der Waals surface area contributed by atoms with E-state index in [2.05, 4.69) is 36.4 Å². The molecule has 4 aromatic rings. The van der Waals surface area contributed by atoms with Gasteiger partial charge in [-0.25, -0.2) is 14.3 Å². The zero-order valence-electron chi connectivity index (χ0n) is 23.5. The van der Waals surface area contributed by atoms with Crippen LogP contribution in [0.15, 0.2) is 24.4 Å². The molecule has 4 heterocycles. The molecule has 1 saturated heterocycles. The zero-order chi connectivity index (χ0) is 29.6. The fourth-order valence-corrected chi connectivity index (χ4v) is 6.12. The summed E-state index contributed by atoms with van der Waals surface area (Å²) in [4.78, 5) is 33.1. The van der Waals surface area contributed by atoms with E-state index in [0.717, 1.165) is 16.8 Å². The first kappa shape index (κ1) is 29.3. The van der Waals surface area contributed by atoms with Gasteiger partial charge in [-0.15, -0.1) is 5.10 Å². The van der Waals surface area contributed by atoms with Gasteiger partial charge in [0.05, 0.1) is 45.0 Å². The number of halogens is 3. The third-order valence-corrected chi connectivity index (χ3v) is 7.95. The molecule has 5 rings (SSSR count). The summed E-state index contributed by atoms with van der Waals surface area (Å²) in [5.41, 5.74) is 3.59. The Balaban J connectivity index is 1.22. The lowest BCUT2D eigenvalue weighted by Gasteiger charge is -2.31. The van der Waals surface area contributed by atoms with Crippen molar-refractivity contribution in [3.05, 3.63) is 62.1 Å². The van der Waals surface area contributed by atoms with E-state index in [-0.39, 0.29) is 29.8 Å². The largest absolute Gasteiger partial charge is 0.350 e. The van der Waals surface area contributed by atoms with Crippen LogP contribution in [0.3, 0.4) is 0 Å². The number of amides is 2. The van der Waals surface area contributed by atoms with Gasteiger partial charge in [-0.3, -0.25) is 9.59 Å². The van der Waals surface area contributed by atoms with Crippen molar-refractivity contribution in [3.8, 4) is 5.69 Å². The van der Waals surface area contributed by atoms with Crippen molar-refractivity contribution in [1.82, 2.24) is 40.0 Å². The summed E-state index contributed by atoms with van der Waals surface area (Å²) >= 11 is 18.6. The number of carbonyl (C=O) groups is 2. The van der Waals surface area contributed by atoms with Crippen molar-refractivity contribution in [2.24, 2.45) is 5.92 Å². The maximum absolute atomic E-state index is 13.7. The fourth-order valence-electron chi connectivity index (χ4n) is 5.13. The minimum absolute atomic E-state index is 0.0629. The Morgan fingerprint density at radius 3 is 2.34 bits per heavy atom. The average Bonchev–Trinajstić information content (AvgIpc) is 3.50. The van der Waals surface area contributed by atoms with Crippen LogP contribution in [0.1, 0.15) is 61.1 Å². The number of aryl methyl sites for hydroxylation is 2. The number of carbonyl (C=O) groups excluding carboxylic acids is 2. The highest BCUT2D eigenvalue weighted by Gasteiger charge is 2.31. The van der Waals surface area contributed by atoms with Gasteiger partial charge in [-0.1, -0.05) is 40.0 Å². The van der Waals surface area contributed by atoms with Gasteiger partial charge >= 0.3 is 0 Å². The number of likely N-dealkylation sites (tertiary alicyclic amines) is 1. The summed E-state index contributed by atoms with van der Waals surface area (Å²) in [5.74, 6) is -0.357. The van der Waals surface area contributed by atoms with Gasteiger partial charge in [0.15, 0.2) is 5.65 Å². The van der Waals surface area contributed by atoms with Crippen molar-refractivity contribution in [2.75, 3.05) is 13.1 Å². The topological polar surface area (TPSA) is 111 Å². The molecule has 0 spiro atoms. The summed E-state index contributed by atoms with van der Waals surface area (Å²) in [5, 5.41) is 17.7. The Morgan fingerprint density at radius 2 is 1.71 bits per heavy atom. The summed E-state index contributed by atoms with van der Waals surface area (Å²) in [6, 6.07) is 4.98. The normalized spacial score (nSPS) is 14.6. The first-order valence-corrected chi connectivity index (χ1v) is 14.5. The summed E-state index contributed by atoms with van der Waals surface area (Å²) < 4.78 is 3.34. The summed E-state index contributed by atoms with van der Waals surface area (Å²) in [6.07, 6.45) is 2.78. The van der Waals surface area contributed by atoms with E-state index in [1.807, 2.05) is 29.5 Å². The second-order valence-electron chi connectivity index (χ2n) is 11.3. The van der Waals surface area contributed by atoms with E-state index in [1.54, 1.807) is 18.3 Å². The minimum atomic E-state index is -0.274. The lowest BCUT2D eigenvalue weighted by Crippen LogP contribution is -2.43. The highest BCUT2D eigenvalue weighted by atomic mass is 35.5. The van der Waals surface area contributed by atoms with Crippen LogP contribution in [-0.2, 0) is 16.9 Å². The molecule has 0 atom stereocenters. The number of rotatable bonds is 5. The molecule has 3 aromatic heterocycles. The molecule has 13 heteroatoms. The van der Waals surface area contributed by atoms with Gasteiger partial charge in [-0.2, -0.15) is 5.10 Å². The first-order chi connectivity index (χ1) is 19.3. The predicted octanol–water partition coefficient (Wildman–Crippen LogP) is 5.51. The molecular weight excluding hydrogens is 587 g/mol. The van der Waals surface area contributed by atoms with E-state index in [9.17, 15) is 9.59 Å². The maximum atomic E-state index is 13.7. The molecule has 0 aliphatic carbocycles. The molecule has 0 unspecified atom stereocenters. The van der Waals surface area contributed by atoms with Crippen LogP contribution in [0.4, 0.5) is 0 Å². The molecule has 1 aliphatic heterocycles. The molecule has 2 amide bonds. The predicted molar refractivity (Wildman–Crippen MR) is 159 cm³/mol. The molecule has 0 bridgehead atoms. The lowest BCUT2D eigenvalue weighted by molar-refractivity contribution is -0.126. The number of piperidine rings is 1. The number of benzene rings is 1. The van der Waals surface area contributed by atoms with Crippen LogP contribution in [0.2, 0.25) is 15.1 Å². The van der Waals surface area contributed by atoms with Crippen molar-refractivity contribution in [3.63, 3.8) is 0 Å². The molecule has 216 valence electrons. The Bertz CT molecular complexity index is 1620. The molecule has 0 radical (unpaired) electrons. The molecule has 10 nitrogen and oxygen atoms in total. The smallest absolute Gasteiger partial charge is 0.254 e. The van der Waals surface area contributed by atoms with Crippen LogP contribution >= 0.6 is 34.8 Å². The summed E-state index contributed by atoms with van der Waals surface area (Å²) in [7, 11) is 0. The molecule has 41 heavy (non-hydrogen) atoms. The molecular formula is C28H31Cl3N8O2. The van der Waals surface area contributed by atoms with Gasteiger partial charge in [-0.05, 0) is 65.7 Å². The van der Waals surface area contributed by atoms with Crippen LogP contribution in [0.25, 0.3) is 16.7 Å². The van der Waals surface area contributed by atoms with Crippen molar-refractivity contribution in [2.45, 2.75) is 59.5 Å². The molecule has 1 aromatic carbocycles. The lowest BCUT2D eigenvalue weighted by atomic mass is 9.95. The van der Waals surface area contributed by atoms with E-state index >= 15 is 0 Å². The van der Waals surface area contributed by atoms with Crippen LogP contribution in [0, 0.1) is 19.8 Å². The SMILES string of the molecule is Cc1cc(C(=O)N2CCC(C(=O)NCc3cn(-c4c(Cl)cc(Cl)cc4Cl)nn3)CC2)c2c(C)nn(C(C)(C)C)c2n1. The zero-order valence-corrected chi connectivity index (χ0v) is 25.8. The Kier molecular flexibility index (Phi) is 8.02. The number of nitrogens with one attached hydrogen (secondary N) is 1. The van der Waals surface area contributed by atoms with Gasteiger partial charge in [0.25, 0.3) is 5.91 Å². The highest BCUT2D eigenvalue weighted by Crippen LogP contribution is 2.32. The Labute approximate surface area is 252 Å². The highest BCUT2D eigenvalue weighted by molar-refractivity contribution is 6.40. The van der Waals surface area contributed by atoms with Crippen molar-refractivity contribution >= 4 is 57.7 Å². The van der Waals surface area contributed by atoms with E-state index in [1.165, 1.54) is 4.68 Å². The van der Waals surface area contributed by atoms with E-state index < -0.39 is 0 Å². The fraction of sp³-hybridized carbons (Fsp3) is 0.429. The third kappa shape index (κ3) is 5.91. The number of nitrogens with zero attached hydrogens (tertiary/aromatic N) is 7. The number of hydrogen-bond acceptors (Lipinski definition) is 6. The monoisotopic (exact) mass is 616 g/mol. The first-order valence-electron chi connectivity index (χ1n) is 13.3. The van der Waals surface area contributed by atoms with Crippen molar-refractivity contribution in [1.29, 1.82) is 0 Å².